The summed E-state index contributed by atoms with van der Waals surface area (Å²) in [6.45, 7) is 1.70. The normalized spacial score (nSPS) is 16.5. The van der Waals surface area contributed by atoms with Crippen LogP contribution < -0.4 is 5.32 Å². The van der Waals surface area contributed by atoms with Gasteiger partial charge in [-0.3, -0.25) is 4.79 Å². The summed E-state index contributed by atoms with van der Waals surface area (Å²) in [7, 11) is 0. The zero-order valence-electron chi connectivity index (χ0n) is 15.5. The van der Waals surface area contributed by atoms with Gasteiger partial charge < -0.3 is 10.3 Å². The molecule has 0 fully saturated rings. The van der Waals surface area contributed by atoms with Crippen molar-refractivity contribution in [3.05, 3.63) is 59.3 Å². The summed E-state index contributed by atoms with van der Waals surface area (Å²) < 4.78 is 42.3. The van der Waals surface area contributed by atoms with Gasteiger partial charge in [-0.15, -0.1) is 0 Å². The number of rotatable bonds is 2. The summed E-state index contributed by atoms with van der Waals surface area (Å²) in [6.07, 6.45) is -1.89. The van der Waals surface area contributed by atoms with Crippen molar-refractivity contribution in [3.8, 4) is 5.82 Å². The summed E-state index contributed by atoms with van der Waals surface area (Å²) >= 11 is 0. The number of hydrogen-bond donors (Lipinski definition) is 2. The topological polar surface area (TPSA) is 101 Å². The first-order valence-electron chi connectivity index (χ1n) is 9.04. The van der Waals surface area contributed by atoms with Crippen LogP contribution in [0.4, 0.5) is 19.0 Å². The maximum absolute atomic E-state index is 13.6. The Labute approximate surface area is 167 Å². The van der Waals surface area contributed by atoms with Crippen molar-refractivity contribution >= 4 is 22.9 Å². The third-order valence-corrected chi connectivity index (χ3v) is 5.15. The van der Waals surface area contributed by atoms with Crippen molar-refractivity contribution < 1.29 is 18.0 Å². The molecule has 0 radical (unpaired) electrons. The van der Waals surface area contributed by atoms with E-state index in [0.717, 1.165) is 6.07 Å². The van der Waals surface area contributed by atoms with Gasteiger partial charge in [0.05, 0.1) is 17.6 Å². The number of amides is 1. The molecule has 152 valence electrons. The van der Waals surface area contributed by atoms with Crippen LogP contribution in [0.15, 0.2) is 36.9 Å². The number of alkyl halides is 3. The number of nitrogens with one attached hydrogen (secondary N) is 2. The Bertz CT molecular complexity index is 1290. The smallest absolute Gasteiger partial charge is 0.340 e. The van der Waals surface area contributed by atoms with Gasteiger partial charge in [0.25, 0.3) is 0 Å². The van der Waals surface area contributed by atoms with Crippen molar-refractivity contribution in [2.45, 2.75) is 25.4 Å². The number of anilines is 1. The Morgan fingerprint density at radius 2 is 1.97 bits per heavy atom. The highest BCUT2D eigenvalue weighted by Crippen LogP contribution is 2.44. The molecule has 0 bridgehead atoms. The molecule has 4 heterocycles. The Hall–Kier alpha value is -3.76. The second-order valence-electron chi connectivity index (χ2n) is 6.95. The Morgan fingerprint density at radius 1 is 1.17 bits per heavy atom. The molecule has 1 aliphatic heterocycles. The first-order chi connectivity index (χ1) is 14.3. The predicted octanol–water partition coefficient (Wildman–Crippen LogP) is 3.34. The lowest BCUT2D eigenvalue weighted by Crippen LogP contribution is -2.26. The fraction of sp³-hybridized carbons (Fsp3) is 0.211. The zero-order valence-corrected chi connectivity index (χ0v) is 15.5. The molecule has 11 heteroatoms. The molecule has 4 aromatic rings. The molecule has 8 nitrogen and oxygen atoms in total. The highest BCUT2D eigenvalue weighted by Gasteiger charge is 2.39. The first kappa shape index (κ1) is 18.3. The average molecular weight is 413 g/mol. The number of aromatic amines is 1. The zero-order chi connectivity index (χ0) is 21.0. The molecular formula is C19H14F3N7O. The molecule has 0 aliphatic carbocycles. The van der Waals surface area contributed by atoms with Gasteiger partial charge in [0.15, 0.2) is 11.5 Å². The Morgan fingerprint density at radius 3 is 2.77 bits per heavy atom. The van der Waals surface area contributed by atoms with Gasteiger partial charge in [0, 0.05) is 17.9 Å². The fourth-order valence-electron chi connectivity index (χ4n) is 3.94. The molecule has 1 amide bonds. The molecule has 1 atom stereocenters. The molecule has 1 aliphatic rings. The highest BCUT2D eigenvalue weighted by atomic mass is 19.4. The molecule has 0 saturated carbocycles. The Kier molecular flexibility index (Phi) is 3.88. The minimum Gasteiger partial charge on any atom is -0.340 e. The van der Waals surface area contributed by atoms with E-state index >= 15 is 0 Å². The van der Waals surface area contributed by atoms with Crippen molar-refractivity contribution in [1.29, 1.82) is 0 Å². The van der Waals surface area contributed by atoms with Gasteiger partial charge in [-0.05, 0) is 18.6 Å². The van der Waals surface area contributed by atoms with Crippen LogP contribution in [0.25, 0.3) is 17.0 Å². The molecule has 1 aromatic carbocycles. The lowest BCUT2D eigenvalue weighted by molar-refractivity contribution is -0.138. The van der Waals surface area contributed by atoms with Gasteiger partial charge in [0.2, 0.25) is 5.91 Å². The monoisotopic (exact) mass is 413 g/mol. The average Bonchev–Trinajstić information content (AvgIpc) is 3.31. The van der Waals surface area contributed by atoms with Crippen molar-refractivity contribution in [1.82, 2.24) is 29.7 Å². The van der Waals surface area contributed by atoms with E-state index in [1.165, 1.54) is 35.5 Å². The summed E-state index contributed by atoms with van der Waals surface area (Å²) in [4.78, 5) is 27.8. The number of carbonyl (C=O) groups is 1. The van der Waals surface area contributed by atoms with Crippen LogP contribution in [-0.4, -0.2) is 35.6 Å². The first-order valence-corrected chi connectivity index (χ1v) is 9.04. The Balaban J connectivity index is 1.74. The predicted molar refractivity (Wildman–Crippen MR) is 100 cm³/mol. The lowest BCUT2D eigenvalue weighted by Gasteiger charge is -2.26. The molecular weight excluding hydrogens is 399 g/mol. The molecule has 5 rings (SSSR count). The number of nitrogens with zero attached hydrogens (tertiary/aromatic N) is 5. The van der Waals surface area contributed by atoms with Crippen LogP contribution in [0.2, 0.25) is 0 Å². The maximum Gasteiger partial charge on any atom is 0.416 e. The van der Waals surface area contributed by atoms with Crippen molar-refractivity contribution in [2.24, 2.45) is 0 Å². The SMILES string of the molecule is Cc1nn(-c2ncnc3nc[nH]c23)c2c1[C@H](c1ccccc1C(F)(F)F)CC(=O)N2. The van der Waals surface area contributed by atoms with Crippen molar-refractivity contribution in [3.63, 3.8) is 0 Å². The van der Waals surface area contributed by atoms with E-state index in [4.69, 9.17) is 0 Å². The van der Waals surface area contributed by atoms with E-state index in [1.54, 1.807) is 6.92 Å². The minimum atomic E-state index is -4.54. The largest absolute Gasteiger partial charge is 0.416 e. The summed E-state index contributed by atoms with van der Waals surface area (Å²) in [5, 5.41) is 7.23. The number of aromatic nitrogens is 6. The van der Waals surface area contributed by atoms with E-state index in [1.807, 2.05) is 0 Å². The number of imidazole rings is 1. The van der Waals surface area contributed by atoms with Gasteiger partial charge in [-0.2, -0.15) is 23.0 Å². The summed E-state index contributed by atoms with van der Waals surface area (Å²) in [5.41, 5.74) is 1.20. The summed E-state index contributed by atoms with van der Waals surface area (Å²) in [6, 6.07) is 5.31. The van der Waals surface area contributed by atoms with Gasteiger partial charge in [-0.1, -0.05) is 18.2 Å². The number of carbonyl (C=O) groups excluding carboxylic acids is 1. The van der Waals surface area contributed by atoms with Crippen LogP contribution >= 0.6 is 0 Å². The van der Waals surface area contributed by atoms with Gasteiger partial charge in [-0.25, -0.2) is 15.0 Å². The third-order valence-electron chi connectivity index (χ3n) is 5.15. The van der Waals surface area contributed by atoms with E-state index in [2.05, 4.69) is 30.4 Å². The number of H-pyrrole nitrogens is 1. The molecule has 30 heavy (non-hydrogen) atoms. The highest BCUT2D eigenvalue weighted by molar-refractivity contribution is 5.95. The standard InChI is InChI=1S/C19H14F3N7O/c1-9-14-11(10-4-2-3-5-12(10)19(20,21)22)6-13(30)27-17(14)29(28-9)18-15-16(24-7-23-15)25-8-26-18/h2-5,7-8,11H,6H2,1H3,(H,27,30)(H,23,24,25,26)/t11-/m0/s1. The maximum atomic E-state index is 13.6. The van der Waals surface area contributed by atoms with E-state index < -0.39 is 23.6 Å². The number of hydrogen-bond acceptors (Lipinski definition) is 5. The van der Waals surface area contributed by atoms with Gasteiger partial charge in [0.1, 0.15) is 17.7 Å². The number of fused-ring (bicyclic) bond motifs is 2. The molecule has 3 aromatic heterocycles. The van der Waals surface area contributed by atoms with Crippen LogP contribution in [0.3, 0.4) is 0 Å². The molecule has 0 saturated heterocycles. The third kappa shape index (κ3) is 2.73. The van der Waals surface area contributed by atoms with Crippen LogP contribution in [0, 0.1) is 6.92 Å². The van der Waals surface area contributed by atoms with Crippen molar-refractivity contribution in [2.75, 3.05) is 5.32 Å². The molecule has 2 N–H and O–H groups in total. The second-order valence-corrected chi connectivity index (χ2v) is 6.95. The second kappa shape index (κ2) is 6.37. The van der Waals surface area contributed by atoms with Crippen LogP contribution in [0.5, 0.6) is 0 Å². The van der Waals surface area contributed by atoms with Crippen LogP contribution in [-0.2, 0) is 11.0 Å². The summed E-state index contributed by atoms with van der Waals surface area (Å²) in [5.74, 6) is -0.563. The van der Waals surface area contributed by atoms with E-state index in [9.17, 15) is 18.0 Å². The quantitative estimate of drug-likeness (QED) is 0.525. The number of benzene rings is 1. The number of halogens is 3. The lowest BCUT2D eigenvalue weighted by atomic mass is 9.83. The van der Waals surface area contributed by atoms with Crippen LogP contribution in [0.1, 0.15) is 34.7 Å². The molecule has 0 unspecified atom stereocenters. The van der Waals surface area contributed by atoms with E-state index in [-0.39, 0.29) is 12.0 Å². The minimum absolute atomic E-state index is 0.0399. The number of aryl methyl sites for hydroxylation is 1. The van der Waals surface area contributed by atoms with Gasteiger partial charge >= 0.3 is 6.18 Å². The van der Waals surface area contributed by atoms with E-state index in [0.29, 0.717) is 34.1 Å². The molecule has 0 spiro atoms. The fourth-order valence-corrected chi connectivity index (χ4v) is 3.94.